The van der Waals surface area contributed by atoms with Crippen molar-refractivity contribution < 1.29 is 9.90 Å². The van der Waals surface area contributed by atoms with Gasteiger partial charge in [0.2, 0.25) is 0 Å². The molecule has 0 amide bonds. The predicted molar refractivity (Wildman–Crippen MR) is 64.0 cm³/mol. The molecule has 0 aliphatic carbocycles. The van der Waals surface area contributed by atoms with Crippen molar-refractivity contribution in [3.05, 3.63) is 18.0 Å². The van der Waals surface area contributed by atoms with Crippen LogP contribution in [0, 0.1) is 0 Å². The normalized spacial score (nSPS) is 20.9. The van der Waals surface area contributed by atoms with E-state index in [-0.39, 0.29) is 6.42 Å². The molecule has 0 spiro atoms. The number of carbonyl (C=O) groups is 1. The van der Waals surface area contributed by atoms with E-state index in [0.717, 1.165) is 31.7 Å². The van der Waals surface area contributed by atoms with Gasteiger partial charge in [-0.1, -0.05) is 6.92 Å². The average molecular weight is 237 g/mol. The molecule has 1 N–H and O–H groups in total. The topological polar surface area (TPSA) is 58.4 Å². The highest BCUT2D eigenvalue weighted by molar-refractivity contribution is 5.66. The van der Waals surface area contributed by atoms with E-state index in [1.54, 1.807) is 6.20 Å². The van der Waals surface area contributed by atoms with Crippen molar-refractivity contribution in [3.8, 4) is 0 Å². The van der Waals surface area contributed by atoms with Gasteiger partial charge in [-0.15, -0.1) is 0 Å². The highest BCUT2D eigenvalue weighted by atomic mass is 16.4. The molecular formula is C12H19N3O2. The van der Waals surface area contributed by atoms with Gasteiger partial charge < -0.3 is 10.0 Å². The summed E-state index contributed by atoms with van der Waals surface area (Å²) in [5.74, 6) is -0.751. The molecule has 0 aromatic carbocycles. The van der Waals surface area contributed by atoms with E-state index in [0.29, 0.717) is 12.5 Å². The Balaban J connectivity index is 2.01. The van der Waals surface area contributed by atoms with Crippen LogP contribution in [-0.4, -0.2) is 45.4 Å². The second kappa shape index (κ2) is 5.31. The first-order valence-corrected chi connectivity index (χ1v) is 6.17. The molecule has 1 aliphatic heterocycles. The summed E-state index contributed by atoms with van der Waals surface area (Å²) < 4.78 is 2.01. The zero-order valence-corrected chi connectivity index (χ0v) is 10.2. The Bertz CT molecular complexity index is 389. The van der Waals surface area contributed by atoms with Crippen molar-refractivity contribution in [1.82, 2.24) is 14.7 Å². The Labute approximate surface area is 101 Å². The molecule has 17 heavy (non-hydrogen) atoms. The zero-order chi connectivity index (χ0) is 12.3. The Morgan fingerprint density at radius 2 is 2.47 bits per heavy atom. The van der Waals surface area contributed by atoms with E-state index >= 15 is 0 Å². The second-order valence-corrected chi connectivity index (χ2v) is 4.50. The van der Waals surface area contributed by atoms with Crippen molar-refractivity contribution >= 4 is 5.97 Å². The molecule has 2 heterocycles. The minimum atomic E-state index is -0.751. The van der Waals surface area contributed by atoms with Crippen LogP contribution >= 0.6 is 0 Å². The molecule has 1 atom stereocenters. The predicted octanol–water partition coefficient (Wildman–Crippen LogP) is 1.17. The number of aliphatic carboxylic acids is 1. The highest BCUT2D eigenvalue weighted by Crippen LogP contribution is 2.22. The largest absolute Gasteiger partial charge is 0.481 e. The third-order valence-electron chi connectivity index (χ3n) is 3.39. The summed E-state index contributed by atoms with van der Waals surface area (Å²) in [5, 5.41) is 13.1. The number of aromatic nitrogens is 2. The van der Waals surface area contributed by atoms with Crippen LogP contribution in [-0.2, 0) is 11.2 Å². The van der Waals surface area contributed by atoms with Crippen LogP contribution in [0.5, 0.6) is 0 Å². The summed E-state index contributed by atoms with van der Waals surface area (Å²) >= 11 is 0. The Hall–Kier alpha value is -1.36. The van der Waals surface area contributed by atoms with Crippen LogP contribution in [0.2, 0.25) is 0 Å². The quantitative estimate of drug-likeness (QED) is 0.835. The third kappa shape index (κ3) is 2.85. The van der Waals surface area contributed by atoms with Crippen molar-refractivity contribution in [1.29, 1.82) is 0 Å². The minimum Gasteiger partial charge on any atom is -0.481 e. The molecule has 1 fully saturated rings. The smallest absolute Gasteiger partial charge is 0.303 e. The lowest BCUT2D eigenvalue weighted by Gasteiger charge is -2.15. The van der Waals surface area contributed by atoms with Crippen LogP contribution in [0.4, 0.5) is 0 Å². The highest BCUT2D eigenvalue weighted by Gasteiger charge is 2.24. The minimum absolute atomic E-state index is 0.176. The van der Waals surface area contributed by atoms with Gasteiger partial charge in [-0.05, 0) is 25.5 Å². The molecule has 1 aromatic heterocycles. The van der Waals surface area contributed by atoms with E-state index in [9.17, 15) is 4.79 Å². The fourth-order valence-electron chi connectivity index (χ4n) is 2.40. The molecule has 94 valence electrons. The zero-order valence-electron chi connectivity index (χ0n) is 10.2. The first-order chi connectivity index (χ1) is 8.20. The summed E-state index contributed by atoms with van der Waals surface area (Å²) in [4.78, 5) is 13.0. The molecular weight excluding hydrogens is 218 g/mol. The van der Waals surface area contributed by atoms with Crippen LogP contribution in [0.25, 0.3) is 0 Å². The van der Waals surface area contributed by atoms with Gasteiger partial charge in [0.15, 0.2) is 0 Å². The van der Waals surface area contributed by atoms with E-state index in [1.807, 2.05) is 10.7 Å². The standard InChI is InChI=1S/C12H19N3O2/c1-2-14-8-6-11(9-14)15-10(5-7-13-15)3-4-12(16)17/h5,7,11H,2-4,6,8-9H2,1H3,(H,16,17). The first kappa shape index (κ1) is 12.1. The number of hydrogen-bond acceptors (Lipinski definition) is 3. The second-order valence-electron chi connectivity index (χ2n) is 4.50. The molecule has 1 unspecified atom stereocenters. The van der Waals surface area contributed by atoms with E-state index in [2.05, 4.69) is 16.9 Å². The maximum atomic E-state index is 10.6. The van der Waals surface area contributed by atoms with Gasteiger partial charge in [0.05, 0.1) is 12.5 Å². The molecule has 5 heteroatoms. The molecule has 1 saturated heterocycles. The van der Waals surface area contributed by atoms with Gasteiger partial charge in [0.25, 0.3) is 0 Å². The summed E-state index contributed by atoms with van der Waals surface area (Å²) in [7, 11) is 0. The van der Waals surface area contributed by atoms with E-state index < -0.39 is 5.97 Å². The summed E-state index contributed by atoms with van der Waals surface area (Å²) in [5.41, 5.74) is 1.04. The lowest BCUT2D eigenvalue weighted by atomic mass is 10.2. The molecule has 1 aliphatic rings. The fraction of sp³-hybridized carbons (Fsp3) is 0.667. The van der Waals surface area contributed by atoms with E-state index in [1.165, 1.54) is 0 Å². The van der Waals surface area contributed by atoms with Crippen molar-refractivity contribution in [2.24, 2.45) is 0 Å². The van der Waals surface area contributed by atoms with Gasteiger partial charge in [-0.3, -0.25) is 9.48 Å². The molecule has 0 bridgehead atoms. The summed E-state index contributed by atoms with van der Waals surface area (Å²) in [6, 6.07) is 2.34. The van der Waals surface area contributed by atoms with Crippen molar-refractivity contribution in [2.75, 3.05) is 19.6 Å². The number of carboxylic acids is 1. The fourth-order valence-corrected chi connectivity index (χ4v) is 2.40. The monoisotopic (exact) mass is 237 g/mol. The lowest BCUT2D eigenvalue weighted by Crippen LogP contribution is -2.22. The molecule has 0 saturated carbocycles. The van der Waals surface area contributed by atoms with Gasteiger partial charge in [-0.25, -0.2) is 0 Å². The number of rotatable bonds is 5. The number of likely N-dealkylation sites (tertiary alicyclic amines) is 1. The van der Waals surface area contributed by atoms with Crippen molar-refractivity contribution in [2.45, 2.75) is 32.2 Å². The summed E-state index contributed by atoms with van der Waals surface area (Å²) in [6.45, 7) is 5.37. The number of hydrogen-bond donors (Lipinski definition) is 1. The Morgan fingerprint density at radius 1 is 1.65 bits per heavy atom. The molecule has 5 nitrogen and oxygen atoms in total. The number of nitrogens with zero attached hydrogens (tertiary/aromatic N) is 3. The molecule has 0 radical (unpaired) electrons. The lowest BCUT2D eigenvalue weighted by molar-refractivity contribution is -0.137. The number of likely N-dealkylation sites (N-methyl/N-ethyl adjacent to an activating group) is 1. The first-order valence-electron chi connectivity index (χ1n) is 6.17. The van der Waals surface area contributed by atoms with Gasteiger partial charge >= 0.3 is 5.97 Å². The van der Waals surface area contributed by atoms with Crippen molar-refractivity contribution in [3.63, 3.8) is 0 Å². The number of aryl methyl sites for hydroxylation is 1. The molecule has 1 aromatic rings. The van der Waals surface area contributed by atoms with Gasteiger partial charge in [0.1, 0.15) is 0 Å². The SMILES string of the molecule is CCN1CCC(n2nccc2CCC(=O)O)C1. The number of carboxylic acid groups (broad SMARTS) is 1. The van der Waals surface area contributed by atoms with Gasteiger partial charge in [0, 0.05) is 25.0 Å². The maximum absolute atomic E-state index is 10.6. The van der Waals surface area contributed by atoms with E-state index in [4.69, 9.17) is 5.11 Å². The van der Waals surface area contributed by atoms with Crippen LogP contribution in [0.3, 0.4) is 0 Å². The van der Waals surface area contributed by atoms with Gasteiger partial charge in [-0.2, -0.15) is 5.10 Å². The molecule has 2 rings (SSSR count). The third-order valence-corrected chi connectivity index (χ3v) is 3.39. The Morgan fingerprint density at radius 3 is 3.12 bits per heavy atom. The van der Waals surface area contributed by atoms with Crippen LogP contribution in [0.15, 0.2) is 12.3 Å². The van der Waals surface area contributed by atoms with Crippen LogP contribution in [0.1, 0.15) is 31.5 Å². The maximum Gasteiger partial charge on any atom is 0.303 e. The Kier molecular flexibility index (Phi) is 3.78. The average Bonchev–Trinajstić information content (AvgIpc) is 2.94. The van der Waals surface area contributed by atoms with Crippen LogP contribution < -0.4 is 0 Å². The summed E-state index contributed by atoms with van der Waals surface area (Å²) in [6.07, 6.45) is 3.62.